The number of nitrogens with zero attached hydrogens (tertiary/aromatic N) is 3. The molecule has 29 heavy (non-hydrogen) atoms. The number of allylic oxidation sites excluding steroid dienone is 1. The second kappa shape index (κ2) is 9.92. The molecule has 0 fully saturated rings. The van der Waals surface area contributed by atoms with E-state index in [-0.39, 0.29) is 28.5 Å². The Bertz CT molecular complexity index is 985. The van der Waals surface area contributed by atoms with Gasteiger partial charge >= 0.3 is 0 Å². The fourth-order valence-corrected chi connectivity index (χ4v) is 3.39. The zero-order valence-corrected chi connectivity index (χ0v) is 17.2. The van der Waals surface area contributed by atoms with E-state index in [1.165, 1.54) is 0 Å². The summed E-state index contributed by atoms with van der Waals surface area (Å²) < 4.78 is 34.8. The Hall–Kier alpha value is -3.07. The Kier molecular flexibility index (Phi) is 7.60. The van der Waals surface area contributed by atoms with Crippen LogP contribution in [0.4, 0.5) is 5.69 Å². The van der Waals surface area contributed by atoms with Gasteiger partial charge in [0.15, 0.2) is 0 Å². The Morgan fingerprint density at radius 2 is 1.90 bits per heavy atom. The molecule has 154 valence electrons. The van der Waals surface area contributed by atoms with Gasteiger partial charge in [-0.2, -0.15) is 8.42 Å². The van der Waals surface area contributed by atoms with Gasteiger partial charge in [-0.05, 0) is 50.6 Å². The summed E-state index contributed by atoms with van der Waals surface area (Å²) in [6.07, 6.45) is 5.65. The molecule has 1 heterocycles. The highest BCUT2D eigenvalue weighted by Crippen LogP contribution is 2.20. The lowest BCUT2D eigenvalue weighted by Gasteiger charge is -2.17. The van der Waals surface area contributed by atoms with E-state index in [1.807, 2.05) is 37.3 Å². The van der Waals surface area contributed by atoms with E-state index < -0.39 is 14.9 Å². The van der Waals surface area contributed by atoms with E-state index in [0.29, 0.717) is 6.42 Å². The number of hydrogen-bond acceptors (Lipinski definition) is 6. The molecule has 0 amide bonds. The molecule has 0 aliphatic carbocycles. The lowest BCUT2D eigenvalue weighted by atomic mass is 10.1. The van der Waals surface area contributed by atoms with Crippen molar-refractivity contribution >= 4 is 27.7 Å². The van der Waals surface area contributed by atoms with Gasteiger partial charge in [0.1, 0.15) is 0 Å². The van der Waals surface area contributed by atoms with Crippen LogP contribution in [0.25, 0.3) is 6.08 Å². The van der Waals surface area contributed by atoms with Crippen molar-refractivity contribution in [1.29, 1.82) is 0 Å². The summed E-state index contributed by atoms with van der Waals surface area (Å²) in [7, 11) is -4.07. The maximum atomic E-state index is 12.6. The SMILES string of the molecule is CC(C)O/C(=N\S(=O)(=O)c1ccc([N+](=O)[O-])cc1)C(C)C/C=C/c1ccccn1. The van der Waals surface area contributed by atoms with Gasteiger partial charge in [0.05, 0.1) is 21.6 Å². The van der Waals surface area contributed by atoms with Crippen LogP contribution in [0.3, 0.4) is 0 Å². The van der Waals surface area contributed by atoms with Crippen LogP contribution in [-0.2, 0) is 14.8 Å². The molecular weight excluding hydrogens is 394 g/mol. The molecular formula is C20H23N3O5S. The van der Waals surface area contributed by atoms with Crippen molar-refractivity contribution in [3.8, 4) is 0 Å². The van der Waals surface area contributed by atoms with Crippen molar-refractivity contribution in [1.82, 2.24) is 4.98 Å². The number of non-ortho nitro benzene ring substituents is 1. The van der Waals surface area contributed by atoms with Gasteiger partial charge in [-0.15, -0.1) is 4.40 Å². The quantitative estimate of drug-likeness (QED) is 0.275. The maximum absolute atomic E-state index is 12.6. The van der Waals surface area contributed by atoms with Gasteiger partial charge in [0.2, 0.25) is 5.90 Å². The minimum Gasteiger partial charge on any atom is -0.477 e. The minimum absolute atomic E-state index is 0.0871. The molecule has 0 aliphatic heterocycles. The number of rotatable bonds is 8. The van der Waals surface area contributed by atoms with E-state index in [4.69, 9.17) is 4.74 Å². The zero-order chi connectivity index (χ0) is 21.4. The lowest BCUT2D eigenvalue weighted by molar-refractivity contribution is -0.384. The average Bonchev–Trinajstić information content (AvgIpc) is 2.67. The molecule has 2 aromatic rings. The second-order valence-corrected chi connectivity index (χ2v) is 8.22. The molecule has 0 saturated heterocycles. The summed E-state index contributed by atoms with van der Waals surface area (Å²) in [4.78, 5) is 14.2. The molecule has 2 rings (SSSR count). The number of nitro benzene ring substituents is 1. The van der Waals surface area contributed by atoms with Gasteiger partial charge in [-0.3, -0.25) is 15.1 Å². The van der Waals surface area contributed by atoms with E-state index in [1.54, 1.807) is 20.0 Å². The minimum atomic E-state index is -4.07. The van der Waals surface area contributed by atoms with Crippen molar-refractivity contribution in [2.24, 2.45) is 10.3 Å². The number of nitro groups is 1. The Morgan fingerprint density at radius 1 is 1.21 bits per heavy atom. The molecule has 1 unspecified atom stereocenters. The molecule has 0 aliphatic rings. The predicted octanol–water partition coefficient (Wildman–Crippen LogP) is 4.24. The number of pyridine rings is 1. The fraction of sp³-hybridized carbons (Fsp3) is 0.300. The molecule has 0 bridgehead atoms. The number of aromatic nitrogens is 1. The molecule has 0 spiro atoms. The van der Waals surface area contributed by atoms with Gasteiger partial charge in [0.25, 0.3) is 15.7 Å². The number of sulfonamides is 1. The summed E-state index contributed by atoms with van der Waals surface area (Å²) in [5.74, 6) is -0.214. The summed E-state index contributed by atoms with van der Waals surface area (Å²) >= 11 is 0. The number of benzene rings is 1. The van der Waals surface area contributed by atoms with Gasteiger partial charge in [0, 0.05) is 24.2 Å². The first kappa shape index (κ1) is 22.2. The fourth-order valence-electron chi connectivity index (χ4n) is 2.35. The molecule has 0 N–H and O–H groups in total. The third kappa shape index (κ3) is 6.79. The van der Waals surface area contributed by atoms with E-state index in [2.05, 4.69) is 9.38 Å². The van der Waals surface area contributed by atoms with Crippen LogP contribution in [0.2, 0.25) is 0 Å². The van der Waals surface area contributed by atoms with E-state index in [0.717, 1.165) is 30.0 Å². The standard InChI is InChI=1S/C20H23N3O5S/c1-15(2)28-20(16(3)7-6-9-17-8-4-5-14-21-17)22-29(26,27)19-12-10-18(11-13-19)23(24)25/h4-6,8-16H,7H2,1-3H3/b9-6+,22-20-. The van der Waals surface area contributed by atoms with Crippen LogP contribution in [-0.4, -0.2) is 30.3 Å². The van der Waals surface area contributed by atoms with Crippen LogP contribution in [0, 0.1) is 16.0 Å². The zero-order valence-electron chi connectivity index (χ0n) is 16.4. The average molecular weight is 417 g/mol. The number of hydrogen-bond donors (Lipinski definition) is 0. The highest BCUT2D eigenvalue weighted by atomic mass is 32.2. The highest BCUT2D eigenvalue weighted by Gasteiger charge is 2.21. The van der Waals surface area contributed by atoms with Crippen molar-refractivity contribution in [3.63, 3.8) is 0 Å². The van der Waals surface area contributed by atoms with Crippen LogP contribution in [0.15, 0.2) is 64.0 Å². The van der Waals surface area contributed by atoms with Crippen molar-refractivity contribution < 1.29 is 18.1 Å². The topological polar surface area (TPSA) is 112 Å². The second-order valence-electron chi connectivity index (χ2n) is 6.62. The Labute approximate surface area is 170 Å². The first-order chi connectivity index (χ1) is 13.7. The summed E-state index contributed by atoms with van der Waals surface area (Å²) in [6, 6.07) is 10.1. The molecule has 8 nitrogen and oxygen atoms in total. The van der Waals surface area contributed by atoms with E-state index >= 15 is 0 Å². The van der Waals surface area contributed by atoms with Crippen molar-refractivity contribution in [2.45, 2.75) is 38.2 Å². The molecule has 0 saturated carbocycles. The summed E-state index contributed by atoms with van der Waals surface area (Å²) in [5, 5.41) is 10.8. The maximum Gasteiger partial charge on any atom is 0.285 e. The van der Waals surface area contributed by atoms with Crippen LogP contribution in [0.1, 0.15) is 32.9 Å². The van der Waals surface area contributed by atoms with Gasteiger partial charge in [-0.25, -0.2) is 0 Å². The molecule has 1 atom stereocenters. The monoisotopic (exact) mass is 417 g/mol. The molecule has 9 heteroatoms. The first-order valence-corrected chi connectivity index (χ1v) is 10.5. The largest absolute Gasteiger partial charge is 0.477 e. The van der Waals surface area contributed by atoms with Crippen LogP contribution in [0.5, 0.6) is 0 Å². The third-order valence-electron chi connectivity index (χ3n) is 3.80. The number of ether oxygens (including phenoxy) is 1. The Balaban J connectivity index is 2.23. The smallest absolute Gasteiger partial charge is 0.285 e. The van der Waals surface area contributed by atoms with Gasteiger partial charge < -0.3 is 4.74 Å². The van der Waals surface area contributed by atoms with Crippen molar-refractivity contribution in [2.75, 3.05) is 0 Å². The summed E-state index contributed by atoms with van der Waals surface area (Å²) in [5.41, 5.74) is 0.598. The first-order valence-electron chi connectivity index (χ1n) is 9.02. The molecule has 1 aromatic heterocycles. The lowest BCUT2D eigenvalue weighted by Crippen LogP contribution is -2.21. The van der Waals surface area contributed by atoms with Crippen LogP contribution < -0.4 is 0 Å². The Morgan fingerprint density at radius 3 is 2.45 bits per heavy atom. The molecule has 1 aromatic carbocycles. The molecule has 0 radical (unpaired) electrons. The van der Waals surface area contributed by atoms with E-state index in [9.17, 15) is 18.5 Å². The van der Waals surface area contributed by atoms with Gasteiger partial charge in [-0.1, -0.05) is 19.1 Å². The van der Waals surface area contributed by atoms with Crippen LogP contribution >= 0.6 is 0 Å². The summed E-state index contributed by atoms with van der Waals surface area (Å²) in [6.45, 7) is 5.38. The highest BCUT2D eigenvalue weighted by molar-refractivity contribution is 7.90. The normalized spacial score (nSPS) is 13.6. The van der Waals surface area contributed by atoms with Crippen molar-refractivity contribution in [3.05, 3.63) is 70.5 Å². The predicted molar refractivity (Wildman–Crippen MR) is 111 cm³/mol. The third-order valence-corrected chi connectivity index (χ3v) is 5.09.